The van der Waals surface area contributed by atoms with Gasteiger partial charge in [-0.2, -0.15) is 0 Å². The Balaban J connectivity index is 2.15. The molecule has 17 heavy (non-hydrogen) atoms. The van der Waals surface area contributed by atoms with Gasteiger partial charge >= 0.3 is 0 Å². The molecule has 1 atom stereocenters. The van der Waals surface area contributed by atoms with E-state index >= 15 is 0 Å². The van der Waals surface area contributed by atoms with E-state index in [0.717, 1.165) is 11.0 Å². The molecule has 4 heteroatoms. The lowest BCUT2D eigenvalue weighted by Gasteiger charge is -2.15. The van der Waals surface area contributed by atoms with Crippen LogP contribution in [0.1, 0.15) is 19.1 Å². The number of imide groups is 1. The van der Waals surface area contributed by atoms with Gasteiger partial charge in [-0.15, -0.1) is 0 Å². The summed E-state index contributed by atoms with van der Waals surface area (Å²) in [7, 11) is 0. The lowest BCUT2D eigenvalue weighted by molar-refractivity contribution is -0.126. The molecule has 2 aromatic rings. The third kappa shape index (κ3) is 1.37. The SMILES string of the molecule is CC1(c2cc3ccccc3o2)CC(=O)NC1=O. The maximum Gasteiger partial charge on any atom is 0.240 e. The van der Waals surface area contributed by atoms with Gasteiger partial charge < -0.3 is 4.42 Å². The van der Waals surface area contributed by atoms with Crippen LogP contribution in [0.5, 0.6) is 0 Å². The van der Waals surface area contributed by atoms with Crippen LogP contribution in [-0.2, 0) is 15.0 Å². The number of benzene rings is 1. The lowest BCUT2D eigenvalue weighted by Crippen LogP contribution is -2.32. The van der Waals surface area contributed by atoms with Gasteiger partial charge in [-0.25, -0.2) is 0 Å². The van der Waals surface area contributed by atoms with Gasteiger partial charge in [0.25, 0.3) is 0 Å². The normalized spacial score (nSPS) is 24.3. The Labute approximate surface area is 97.6 Å². The van der Waals surface area contributed by atoms with Crippen molar-refractivity contribution in [2.75, 3.05) is 0 Å². The van der Waals surface area contributed by atoms with Crippen molar-refractivity contribution >= 4 is 22.8 Å². The fraction of sp³-hybridized carbons (Fsp3) is 0.231. The molecule has 0 spiro atoms. The second kappa shape index (κ2) is 3.20. The predicted octanol–water partition coefficient (Wildman–Crippen LogP) is 1.74. The number of hydrogen-bond donors (Lipinski definition) is 1. The molecule has 3 rings (SSSR count). The Morgan fingerprint density at radius 2 is 2.06 bits per heavy atom. The molecule has 1 fully saturated rings. The highest BCUT2D eigenvalue weighted by Gasteiger charge is 2.46. The van der Waals surface area contributed by atoms with Crippen molar-refractivity contribution in [2.45, 2.75) is 18.8 Å². The van der Waals surface area contributed by atoms with Crippen molar-refractivity contribution in [3.05, 3.63) is 36.1 Å². The molecule has 1 aliphatic heterocycles. The Kier molecular flexibility index (Phi) is 1.90. The van der Waals surface area contributed by atoms with Gasteiger partial charge in [-0.05, 0) is 19.1 Å². The average Bonchev–Trinajstić information content (AvgIpc) is 2.81. The highest BCUT2D eigenvalue weighted by atomic mass is 16.3. The van der Waals surface area contributed by atoms with Crippen LogP contribution in [0.15, 0.2) is 34.7 Å². The summed E-state index contributed by atoms with van der Waals surface area (Å²) in [5, 5.41) is 3.25. The van der Waals surface area contributed by atoms with Gasteiger partial charge in [0, 0.05) is 11.8 Å². The first kappa shape index (κ1) is 10.1. The van der Waals surface area contributed by atoms with Crippen molar-refractivity contribution in [1.29, 1.82) is 0 Å². The Morgan fingerprint density at radius 1 is 1.29 bits per heavy atom. The van der Waals surface area contributed by atoms with Gasteiger partial charge in [0.2, 0.25) is 11.8 Å². The molecule has 0 radical (unpaired) electrons. The largest absolute Gasteiger partial charge is 0.460 e. The maximum atomic E-state index is 11.8. The number of rotatable bonds is 1. The lowest BCUT2D eigenvalue weighted by atomic mass is 9.86. The number of hydrogen-bond acceptors (Lipinski definition) is 3. The number of furan rings is 1. The number of para-hydroxylation sites is 1. The van der Waals surface area contributed by atoms with Crippen LogP contribution in [0.2, 0.25) is 0 Å². The summed E-state index contributed by atoms with van der Waals surface area (Å²) in [5.74, 6) is 0.00145. The van der Waals surface area contributed by atoms with E-state index in [1.807, 2.05) is 30.3 Å². The Bertz CT molecular complexity index is 595. The summed E-state index contributed by atoms with van der Waals surface area (Å²) in [6.07, 6.45) is 0.144. The monoisotopic (exact) mass is 229 g/mol. The fourth-order valence-electron chi connectivity index (χ4n) is 2.16. The average molecular weight is 229 g/mol. The van der Waals surface area contributed by atoms with Crippen molar-refractivity contribution in [2.24, 2.45) is 0 Å². The molecule has 0 saturated carbocycles. The topological polar surface area (TPSA) is 59.3 Å². The smallest absolute Gasteiger partial charge is 0.240 e. The van der Waals surface area contributed by atoms with E-state index < -0.39 is 5.41 Å². The number of amides is 2. The Morgan fingerprint density at radius 3 is 2.71 bits per heavy atom. The van der Waals surface area contributed by atoms with Crippen LogP contribution < -0.4 is 5.32 Å². The zero-order valence-electron chi connectivity index (χ0n) is 9.32. The summed E-state index contributed by atoms with van der Waals surface area (Å²) >= 11 is 0. The minimum Gasteiger partial charge on any atom is -0.460 e. The van der Waals surface area contributed by atoms with E-state index in [-0.39, 0.29) is 18.2 Å². The van der Waals surface area contributed by atoms with Gasteiger partial charge in [0.15, 0.2) is 0 Å². The summed E-state index contributed by atoms with van der Waals surface area (Å²) in [5.41, 5.74) is -0.147. The highest BCUT2D eigenvalue weighted by molar-refractivity contribution is 6.08. The number of carbonyl (C=O) groups excluding carboxylic acids is 2. The second-order valence-corrected chi connectivity index (χ2v) is 4.53. The van der Waals surface area contributed by atoms with Gasteiger partial charge in [0.1, 0.15) is 16.8 Å². The van der Waals surface area contributed by atoms with E-state index in [1.165, 1.54) is 0 Å². The zero-order valence-corrected chi connectivity index (χ0v) is 9.32. The molecule has 2 heterocycles. The molecule has 0 bridgehead atoms. The number of nitrogens with one attached hydrogen (secondary N) is 1. The summed E-state index contributed by atoms with van der Waals surface area (Å²) in [6, 6.07) is 9.37. The quantitative estimate of drug-likeness (QED) is 0.758. The third-order valence-corrected chi connectivity index (χ3v) is 3.24. The van der Waals surface area contributed by atoms with E-state index in [1.54, 1.807) is 6.92 Å². The van der Waals surface area contributed by atoms with Crippen molar-refractivity contribution in [3.8, 4) is 0 Å². The van der Waals surface area contributed by atoms with E-state index in [9.17, 15) is 9.59 Å². The van der Waals surface area contributed by atoms with E-state index in [2.05, 4.69) is 5.32 Å². The summed E-state index contributed by atoms with van der Waals surface area (Å²) in [4.78, 5) is 23.1. The molecule has 1 aliphatic rings. The molecule has 1 unspecified atom stereocenters. The van der Waals surface area contributed by atoms with Crippen LogP contribution >= 0.6 is 0 Å². The van der Waals surface area contributed by atoms with Gasteiger partial charge in [0.05, 0.1) is 0 Å². The summed E-state index contributed by atoms with van der Waals surface area (Å²) in [6.45, 7) is 1.73. The molecule has 2 amide bonds. The number of carbonyl (C=O) groups is 2. The first-order valence-electron chi connectivity index (χ1n) is 5.43. The van der Waals surface area contributed by atoms with Crippen molar-refractivity contribution < 1.29 is 14.0 Å². The molecule has 1 aromatic carbocycles. The molecule has 1 saturated heterocycles. The van der Waals surface area contributed by atoms with Gasteiger partial charge in [-0.3, -0.25) is 14.9 Å². The van der Waals surface area contributed by atoms with Crippen LogP contribution in [0.4, 0.5) is 0 Å². The van der Waals surface area contributed by atoms with Crippen LogP contribution in [0, 0.1) is 0 Å². The van der Waals surface area contributed by atoms with Crippen molar-refractivity contribution in [3.63, 3.8) is 0 Å². The zero-order chi connectivity index (χ0) is 12.0. The van der Waals surface area contributed by atoms with Crippen LogP contribution in [-0.4, -0.2) is 11.8 Å². The molecule has 0 aliphatic carbocycles. The summed E-state index contributed by atoms with van der Waals surface area (Å²) < 4.78 is 5.66. The molecular weight excluding hydrogens is 218 g/mol. The predicted molar refractivity (Wildman–Crippen MR) is 61.3 cm³/mol. The molecule has 1 aromatic heterocycles. The highest BCUT2D eigenvalue weighted by Crippen LogP contribution is 2.35. The maximum absolute atomic E-state index is 11.8. The molecular formula is C13H11NO3. The van der Waals surface area contributed by atoms with Gasteiger partial charge in [-0.1, -0.05) is 18.2 Å². The molecule has 1 N–H and O–H groups in total. The molecule has 4 nitrogen and oxygen atoms in total. The minimum absolute atomic E-state index is 0.144. The van der Waals surface area contributed by atoms with Crippen molar-refractivity contribution in [1.82, 2.24) is 5.32 Å². The fourth-order valence-corrected chi connectivity index (χ4v) is 2.16. The second-order valence-electron chi connectivity index (χ2n) is 4.53. The third-order valence-electron chi connectivity index (χ3n) is 3.24. The van der Waals surface area contributed by atoms with Crippen LogP contribution in [0.3, 0.4) is 0 Å². The standard InChI is InChI=1S/C13H11NO3/c1-13(7-11(15)14-12(13)16)10-6-8-4-2-3-5-9(8)17-10/h2-6H,7H2,1H3,(H,14,15,16). The Hall–Kier alpha value is -2.10. The number of fused-ring (bicyclic) bond motifs is 1. The first-order valence-corrected chi connectivity index (χ1v) is 5.43. The minimum atomic E-state index is -0.879. The first-order chi connectivity index (χ1) is 8.09. The van der Waals surface area contributed by atoms with E-state index in [0.29, 0.717) is 5.76 Å². The van der Waals surface area contributed by atoms with Crippen LogP contribution in [0.25, 0.3) is 11.0 Å². The van der Waals surface area contributed by atoms with E-state index in [4.69, 9.17) is 4.42 Å². The molecule has 86 valence electrons.